The molecular formula is C16H25BrO2. The third-order valence-electron chi connectivity index (χ3n) is 3.24. The quantitative estimate of drug-likeness (QED) is 0.598. The fraction of sp³-hybridized carbons (Fsp3) is 0.625. The molecule has 0 N–H and O–H groups in total. The van der Waals surface area contributed by atoms with E-state index in [1.807, 2.05) is 19.9 Å². The first-order chi connectivity index (χ1) is 9.12. The van der Waals surface area contributed by atoms with E-state index >= 15 is 0 Å². The maximum Gasteiger partial charge on any atom is 0.161 e. The number of alkyl halides is 1. The second kappa shape index (κ2) is 8.47. The maximum absolute atomic E-state index is 5.67. The minimum Gasteiger partial charge on any atom is -0.490 e. The summed E-state index contributed by atoms with van der Waals surface area (Å²) in [7, 11) is 0. The van der Waals surface area contributed by atoms with Crippen LogP contribution in [0.2, 0.25) is 0 Å². The molecule has 2 unspecified atom stereocenters. The summed E-state index contributed by atoms with van der Waals surface area (Å²) < 4.78 is 11.3. The average Bonchev–Trinajstić information content (AvgIpc) is 2.41. The topological polar surface area (TPSA) is 18.5 Å². The van der Waals surface area contributed by atoms with Gasteiger partial charge >= 0.3 is 0 Å². The van der Waals surface area contributed by atoms with Crippen LogP contribution in [0, 0.1) is 5.92 Å². The number of halogens is 1. The largest absolute Gasteiger partial charge is 0.490 e. The lowest BCUT2D eigenvalue weighted by Crippen LogP contribution is -2.02. The van der Waals surface area contributed by atoms with E-state index in [0.717, 1.165) is 17.9 Å². The molecule has 2 nitrogen and oxygen atoms in total. The molecule has 0 aliphatic carbocycles. The Morgan fingerprint density at radius 3 is 2.26 bits per heavy atom. The van der Waals surface area contributed by atoms with Crippen LogP contribution in [0.15, 0.2) is 18.2 Å². The van der Waals surface area contributed by atoms with Crippen LogP contribution >= 0.6 is 15.9 Å². The molecule has 0 saturated carbocycles. The predicted molar refractivity (Wildman–Crippen MR) is 84.5 cm³/mol. The SMILES string of the molecule is CCOc1ccc(C(Br)CC(C)CC)cc1OCC. The second-order valence-electron chi connectivity index (χ2n) is 4.79. The summed E-state index contributed by atoms with van der Waals surface area (Å²) in [4.78, 5) is 0.373. The smallest absolute Gasteiger partial charge is 0.161 e. The van der Waals surface area contributed by atoms with Gasteiger partial charge < -0.3 is 9.47 Å². The highest BCUT2D eigenvalue weighted by atomic mass is 79.9. The molecule has 19 heavy (non-hydrogen) atoms. The number of ether oxygens (including phenoxy) is 2. The van der Waals surface area contributed by atoms with Gasteiger partial charge in [-0.25, -0.2) is 0 Å². The van der Waals surface area contributed by atoms with Crippen LogP contribution in [0.25, 0.3) is 0 Å². The fourth-order valence-corrected chi connectivity index (χ4v) is 2.84. The number of hydrogen-bond donors (Lipinski definition) is 0. The molecule has 108 valence electrons. The molecule has 1 aromatic rings. The lowest BCUT2D eigenvalue weighted by atomic mass is 9.99. The third kappa shape index (κ3) is 5.06. The third-order valence-corrected chi connectivity index (χ3v) is 4.14. The van der Waals surface area contributed by atoms with E-state index in [4.69, 9.17) is 9.47 Å². The second-order valence-corrected chi connectivity index (χ2v) is 5.89. The van der Waals surface area contributed by atoms with E-state index in [1.54, 1.807) is 0 Å². The molecule has 0 aliphatic heterocycles. The van der Waals surface area contributed by atoms with Gasteiger partial charge in [-0.15, -0.1) is 0 Å². The van der Waals surface area contributed by atoms with Gasteiger partial charge in [0.15, 0.2) is 11.5 Å². The summed E-state index contributed by atoms with van der Waals surface area (Å²) in [6.07, 6.45) is 2.34. The Morgan fingerprint density at radius 2 is 1.68 bits per heavy atom. The lowest BCUT2D eigenvalue weighted by Gasteiger charge is -2.17. The summed E-state index contributed by atoms with van der Waals surface area (Å²) in [6.45, 7) is 9.80. The maximum atomic E-state index is 5.67. The molecule has 0 fully saturated rings. The number of benzene rings is 1. The molecule has 0 spiro atoms. The van der Waals surface area contributed by atoms with Crippen molar-refractivity contribution in [1.82, 2.24) is 0 Å². The normalized spacial score (nSPS) is 13.9. The summed E-state index contributed by atoms with van der Waals surface area (Å²) in [6, 6.07) is 6.22. The van der Waals surface area contributed by atoms with Gasteiger partial charge in [0.25, 0.3) is 0 Å². The van der Waals surface area contributed by atoms with Gasteiger partial charge in [-0.05, 0) is 43.9 Å². The number of hydrogen-bond acceptors (Lipinski definition) is 2. The van der Waals surface area contributed by atoms with Gasteiger partial charge in [0.2, 0.25) is 0 Å². The average molecular weight is 329 g/mol. The first-order valence-corrected chi connectivity index (χ1v) is 8.07. The summed E-state index contributed by atoms with van der Waals surface area (Å²) in [5, 5.41) is 0. The monoisotopic (exact) mass is 328 g/mol. The molecule has 1 aromatic carbocycles. The van der Waals surface area contributed by atoms with Gasteiger partial charge in [-0.2, -0.15) is 0 Å². The molecule has 0 aromatic heterocycles. The van der Waals surface area contributed by atoms with E-state index in [-0.39, 0.29) is 0 Å². The Hall–Kier alpha value is -0.700. The summed E-state index contributed by atoms with van der Waals surface area (Å²) >= 11 is 3.78. The molecule has 3 heteroatoms. The van der Waals surface area contributed by atoms with Crippen LogP contribution in [0.3, 0.4) is 0 Å². The van der Waals surface area contributed by atoms with Crippen molar-refractivity contribution in [2.24, 2.45) is 5.92 Å². The van der Waals surface area contributed by atoms with Crippen LogP contribution in [-0.2, 0) is 0 Å². The Morgan fingerprint density at radius 1 is 1.05 bits per heavy atom. The summed E-state index contributed by atoms with van der Waals surface area (Å²) in [5.74, 6) is 2.39. The van der Waals surface area contributed by atoms with Crippen molar-refractivity contribution in [3.05, 3.63) is 23.8 Å². The van der Waals surface area contributed by atoms with E-state index in [0.29, 0.717) is 24.0 Å². The highest BCUT2D eigenvalue weighted by molar-refractivity contribution is 9.09. The van der Waals surface area contributed by atoms with E-state index in [9.17, 15) is 0 Å². The first kappa shape index (κ1) is 16.4. The zero-order valence-corrected chi connectivity index (χ0v) is 14.0. The van der Waals surface area contributed by atoms with Gasteiger partial charge in [0.05, 0.1) is 13.2 Å². The van der Waals surface area contributed by atoms with E-state index in [2.05, 4.69) is 41.9 Å². The van der Waals surface area contributed by atoms with E-state index < -0.39 is 0 Å². The molecule has 0 bridgehead atoms. The Balaban J connectivity index is 2.87. The zero-order chi connectivity index (χ0) is 14.3. The Bertz CT molecular complexity index is 379. The minimum atomic E-state index is 0.373. The molecular weight excluding hydrogens is 304 g/mol. The van der Waals surface area contributed by atoms with Crippen molar-refractivity contribution < 1.29 is 9.47 Å². The van der Waals surface area contributed by atoms with Crippen molar-refractivity contribution in [2.45, 2.75) is 45.4 Å². The van der Waals surface area contributed by atoms with Gasteiger partial charge in [-0.1, -0.05) is 42.3 Å². The molecule has 1 rings (SSSR count). The molecule has 0 aliphatic rings. The van der Waals surface area contributed by atoms with Gasteiger partial charge in [0, 0.05) is 4.83 Å². The Labute approximate surface area is 125 Å². The van der Waals surface area contributed by atoms with Crippen molar-refractivity contribution in [2.75, 3.05) is 13.2 Å². The van der Waals surface area contributed by atoms with Crippen molar-refractivity contribution >= 4 is 15.9 Å². The fourth-order valence-electron chi connectivity index (χ4n) is 1.92. The highest BCUT2D eigenvalue weighted by Gasteiger charge is 2.14. The van der Waals surface area contributed by atoms with Crippen LogP contribution in [0.4, 0.5) is 0 Å². The van der Waals surface area contributed by atoms with Crippen LogP contribution in [0.5, 0.6) is 11.5 Å². The Kier molecular flexibility index (Phi) is 7.29. The highest BCUT2D eigenvalue weighted by Crippen LogP contribution is 2.36. The van der Waals surface area contributed by atoms with Crippen molar-refractivity contribution in [3.8, 4) is 11.5 Å². The zero-order valence-electron chi connectivity index (χ0n) is 12.4. The van der Waals surface area contributed by atoms with Crippen LogP contribution < -0.4 is 9.47 Å². The summed E-state index contributed by atoms with van der Waals surface area (Å²) in [5.41, 5.74) is 1.26. The predicted octanol–water partition coefficient (Wildman–Crippen LogP) is 5.36. The standard InChI is InChI=1S/C16H25BrO2/c1-5-12(4)10-14(17)13-8-9-15(18-6-2)16(11-13)19-7-3/h8-9,11-12,14H,5-7,10H2,1-4H3. The minimum absolute atomic E-state index is 0.373. The molecule has 0 saturated heterocycles. The molecule has 0 radical (unpaired) electrons. The van der Waals surface area contributed by atoms with E-state index in [1.165, 1.54) is 12.0 Å². The number of rotatable bonds is 8. The van der Waals surface area contributed by atoms with Crippen LogP contribution in [-0.4, -0.2) is 13.2 Å². The van der Waals surface area contributed by atoms with Gasteiger partial charge in [0.1, 0.15) is 0 Å². The first-order valence-electron chi connectivity index (χ1n) is 7.15. The molecule has 0 amide bonds. The van der Waals surface area contributed by atoms with Crippen molar-refractivity contribution in [3.63, 3.8) is 0 Å². The van der Waals surface area contributed by atoms with Crippen LogP contribution in [0.1, 0.15) is 50.9 Å². The van der Waals surface area contributed by atoms with Gasteiger partial charge in [-0.3, -0.25) is 0 Å². The lowest BCUT2D eigenvalue weighted by molar-refractivity contribution is 0.287. The molecule has 0 heterocycles. The van der Waals surface area contributed by atoms with Crippen molar-refractivity contribution in [1.29, 1.82) is 0 Å². The molecule has 2 atom stereocenters.